The van der Waals surface area contributed by atoms with E-state index in [9.17, 15) is 0 Å². The highest BCUT2D eigenvalue weighted by atomic mass is 32.2. The highest BCUT2D eigenvalue weighted by Crippen LogP contribution is 2.35. The summed E-state index contributed by atoms with van der Waals surface area (Å²) in [4.78, 5) is 0. The van der Waals surface area contributed by atoms with Crippen molar-refractivity contribution in [3.05, 3.63) is 35.4 Å². The van der Waals surface area contributed by atoms with Gasteiger partial charge in [-0.3, -0.25) is 0 Å². The number of nitrogens with two attached hydrogens (primary N) is 1. The van der Waals surface area contributed by atoms with Crippen molar-refractivity contribution in [2.45, 2.75) is 12.5 Å². The van der Waals surface area contributed by atoms with E-state index in [1.807, 2.05) is 11.8 Å². The third kappa shape index (κ3) is 1.25. The molecule has 64 valence electrons. The average molecular weight is 179 g/mol. The summed E-state index contributed by atoms with van der Waals surface area (Å²) >= 11 is 1.92. The minimum absolute atomic E-state index is 0.0294. The lowest BCUT2D eigenvalue weighted by molar-refractivity contribution is 0.546. The van der Waals surface area contributed by atoms with Gasteiger partial charge in [-0.25, -0.2) is 0 Å². The largest absolute Gasteiger partial charge is 0.320 e. The second kappa shape index (κ2) is 2.79. The first-order valence-electron chi connectivity index (χ1n) is 4.14. The molecule has 0 radical (unpaired) electrons. The first-order chi connectivity index (χ1) is 5.71. The van der Waals surface area contributed by atoms with Crippen LogP contribution in [-0.2, 0) is 5.54 Å². The molecule has 0 amide bonds. The lowest BCUT2D eigenvalue weighted by atomic mass is 9.94. The molecule has 1 nitrogen and oxygen atoms in total. The highest BCUT2D eigenvalue weighted by molar-refractivity contribution is 8.00. The van der Waals surface area contributed by atoms with Crippen LogP contribution in [0.1, 0.15) is 11.1 Å². The van der Waals surface area contributed by atoms with Crippen molar-refractivity contribution in [3.8, 4) is 0 Å². The maximum atomic E-state index is 6.15. The molecular weight excluding hydrogens is 166 g/mol. The molecule has 0 aromatic heterocycles. The first-order valence-corrected chi connectivity index (χ1v) is 5.30. The molecule has 0 bridgehead atoms. The normalized spacial score (nSPS) is 20.2. The fourth-order valence-corrected chi connectivity index (χ4v) is 2.35. The van der Waals surface area contributed by atoms with Crippen LogP contribution >= 0.6 is 11.8 Å². The Labute approximate surface area is 77.3 Å². The number of aryl methyl sites for hydroxylation is 1. The standard InChI is InChI=1S/C10H13NS/c1-8-2-4-9(5-3-8)10(11)6-12-7-10/h2-5H,6-7,11H2,1H3. The third-order valence-corrected chi connectivity index (χ3v) is 3.78. The fourth-order valence-electron chi connectivity index (χ4n) is 1.37. The van der Waals surface area contributed by atoms with Crippen molar-refractivity contribution in [1.29, 1.82) is 0 Å². The van der Waals surface area contributed by atoms with Gasteiger partial charge in [-0.2, -0.15) is 11.8 Å². The Morgan fingerprint density at radius 2 is 1.83 bits per heavy atom. The Balaban J connectivity index is 2.28. The van der Waals surface area contributed by atoms with Gasteiger partial charge in [0.2, 0.25) is 0 Å². The first kappa shape index (κ1) is 8.14. The molecule has 0 unspecified atom stereocenters. The molecule has 1 aliphatic heterocycles. The number of rotatable bonds is 1. The van der Waals surface area contributed by atoms with Gasteiger partial charge in [0.15, 0.2) is 0 Å². The summed E-state index contributed by atoms with van der Waals surface area (Å²) in [5, 5.41) is 0. The third-order valence-electron chi connectivity index (χ3n) is 2.35. The van der Waals surface area contributed by atoms with Gasteiger partial charge in [-0.15, -0.1) is 0 Å². The monoisotopic (exact) mass is 179 g/mol. The van der Waals surface area contributed by atoms with Gasteiger partial charge in [-0.05, 0) is 12.5 Å². The fraction of sp³-hybridized carbons (Fsp3) is 0.400. The van der Waals surface area contributed by atoms with E-state index in [1.165, 1.54) is 11.1 Å². The van der Waals surface area contributed by atoms with Crippen LogP contribution in [0.3, 0.4) is 0 Å². The summed E-state index contributed by atoms with van der Waals surface area (Å²) in [5.41, 5.74) is 8.71. The lowest BCUT2D eigenvalue weighted by Crippen LogP contribution is -2.48. The Hall–Kier alpha value is -0.470. The SMILES string of the molecule is Cc1ccc(C2(N)CSC2)cc1. The van der Waals surface area contributed by atoms with E-state index in [1.54, 1.807) is 0 Å². The molecular formula is C10H13NS. The predicted molar refractivity (Wildman–Crippen MR) is 54.4 cm³/mol. The van der Waals surface area contributed by atoms with Gasteiger partial charge in [0.05, 0.1) is 5.54 Å². The average Bonchev–Trinajstić information content (AvgIpc) is 2.02. The van der Waals surface area contributed by atoms with E-state index in [-0.39, 0.29) is 5.54 Å². The van der Waals surface area contributed by atoms with Crippen molar-refractivity contribution >= 4 is 11.8 Å². The summed E-state index contributed by atoms with van der Waals surface area (Å²) in [5.74, 6) is 2.13. The Kier molecular flexibility index (Phi) is 1.89. The molecule has 2 heteroatoms. The van der Waals surface area contributed by atoms with Gasteiger partial charge in [-0.1, -0.05) is 29.8 Å². The maximum absolute atomic E-state index is 6.15. The summed E-state index contributed by atoms with van der Waals surface area (Å²) in [7, 11) is 0. The molecule has 1 fully saturated rings. The summed E-state index contributed by atoms with van der Waals surface area (Å²) in [6.45, 7) is 2.10. The van der Waals surface area contributed by atoms with Crippen molar-refractivity contribution in [2.75, 3.05) is 11.5 Å². The molecule has 12 heavy (non-hydrogen) atoms. The van der Waals surface area contributed by atoms with E-state index in [0.29, 0.717) is 0 Å². The number of hydrogen-bond acceptors (Lipinski definition) is 2. The quantitative estimate of drug-likeness (QED) is 0.712. The molecule has 1 heterocycles. The van der Waals surface area contributed by atoms with Gasteiger partial charge in [0.1, 0.15) is 0 Å². The second-order valence-corrected chi connectivity index (χ2v) is 4.50. The topological polar surface area (TPSA) is 26.0 Å². The van der Waals surface area contributed by atoms with Crippen molar-refractivity contribution < 1.29 is 0 Å². The van der Waals surface area contributed by atoms with E-state index in [4.69, 9.17) is 5.73 Å². The van der Waals surface area contributed by atoms with Crippen LogP contribution in [0.2, 0.25) is 0 Å². The second-order valence-electron chi connectivity index (χ2n) is 3.51. The molecule has 1 saturated heterocycles. The van der Waals surface area contributed by atoms with Crippen LogP contribution in [-0.4, -0.2) is 11.5 Å². The zero-order valence-electron chi connectivity index (χ0n) is 7.21. The van der Waals surface area contributed by atoms with Crippen molar-refractivity contribution in [1.82, 2.24) is 0 Å². The molecule has 0 aliphatic carbocycles. The van der Waals surface area contributed by atoms with Crippen LogP contribution in [0.15, 0.2) is 24.3 Å². The molecule has 2 rings (SSSR count). The molecule has 1 aromatic rings. The van der Waals surface area contributed by atoms with Crippen LogP contribution in [0.5, 0.6) is 0 Å². The van der Waals surface area contributed by atoms with Gasteiger partial charge >= 0.3 is 0 Å². The lowest BCUT2D eigenvalue weighted by Gasteiger charge is -2.37. The van der Waals surface area contributed by atoms with E-state index < -0.39 is 0 Å². The minimum atomic E-state index is -0.0294. The van der Waals surface area contributed by atoms with E-state index in [0.717, 1.165) is 11.5 Å². The molecule has 2 N–H and O–H groups in total. The summed E-state index contributed by atoms with van der Waals surface area (Å²) in [6.07, 6.45) is 0. The van der Waals surface area contributed by atoms with Gasteiger partial charge < -0.3 is 5.73 Å². The molecule has 0 saturated carbocycles. The van der Waals surface area contributed by atoms with Crippen LogP contribution in [0, 0.1) is 6.92 Å². The zero-order valence-corrected chi connectivity index (χ0v) is 8.03. The van der Waals surface area contributed by atoms with E-state index >= 15 is 0 Å². The maximum Gasteiger partial charge on any atom is 0.0592 e. The summed E-state index contributed by atoms with van der Waals surface area (Å²) < 4.78 is 0. The Bertz CT molecular complexity index is 274. The smallest absolute Gasteiger partial charge is 0.0592 e. The zero-order chi connectivity index (χ0) is 8.60. The van der Waals surface area contributed by atoms with Crippen molar-refractivity contribution in [3.63, 3.8) is 0 Å². The highest BCUT2D eigenvalue weighted by Gasteiger charge is 2.34. The van der Waals surface area contributed by atoms with Gasteiger partial charge in [0.25, 0.3) is 0 Å². The number of thioether (sulfide) groups is 1. The molecule has 1 aromatic carbocycles. The molecule has 1 aliphatic rings. The van der Waals surface area contributed by atoms with Crippen LogP contribution < -0.4 is 5.73 Å². The number of benzene rings is 1. The van der Waals surface area contributed by atoms with Crippen LogP contribution in [0.25, 0.3) is 0 Å². The predicted octanol–water partition coefficient (Wildman–Crippen LogP) is 1.90. The number of hydrogen-bond donors (Lipinski definition) is 1. The van der Waals surface area contributed by atoms with Gasteiger partial charge in [0, 0.05) is 11.5 Å². The minimum Gasteiger partial charge on any atom is -0.320 e. The van der Waals surface area contributed by atoms with Crippen LogP contribution in [0.4, 0.5) is 0 Å². The molecule has 0 spiro atoms. The molecule has 0 atom stereocenters. The summed E-state index contributed by atoms with van der Waals surface area (Å²) in [6, 6.07) is 8.56. The van der Waals surface area contributed by atoms with E-state index in [2.05, 4.69) is 31.2 Å². The Morgan fingerprint density at radius 3 is 2.25 bits per heavy atom. The van der Waals surface area contributed by atoms with Crippen molar-refractivity contribution in [2.24, 2.45) is 5.73 Å². The Morgan fingerprint density at radius 1 is 1.25 bits per heavy atom.